The SMILES string of the molecule is O=c1cc(C2CCN(CC3CCCC3)CC2)nc(-c2cccnc2)[nH]1. The van der Waals surface area contributed by atoms with Gasteiger partial charge in [0.1, 0.15) is 5.82 Å². The van der Waals surface area contributed by atoms with Crippen molar-refractivity contribution in [3.8, 4) is 11.4 Å². The first-order valence-electron chi connectivity index (χ1n) is 9.52. The molecule has 1 aliphatic carbocycles. The van der Waals surface area contributed by atoms with Crippen molar-refractivity contribution in [1.29, 1.82) is 0 Å². The summed E-state index contributed by atoms with van der Waals surface area (Å²) >= 11 is 0. The maximum Gasteiger partial charge on any atom is 0.251 e. The minimum Gasteiger partial charge on any atom is -0.306 e. The number of likely N-dealkylation sites (tertiary alicyclic amines) is 1. The van der Waals surface area contributed by atoms with Gasteiger partial charge in [0, 0.05) is 36.5 Å². The monoisotopic (exact) mass is 338 g/mol. The number of nitrogens with one attached hydrogen (secondary N) is 1. The molecule has 3 heterocycles. The Hall–Kier alpha value is -2.01. The minimum atomic E-state index is -0.0720. The molecule has 0 bridgehead atoms. The summed E-state index contributed by atoms with van der Waals surface area (Å²) in [4.78, 5) is 26.4. The molecule has 2 aromatic heterocycles. The Morgan fingerprint density at radius 2 is 1.96 bits per heavy atom. The number of hydrogen-bond donors (Lipinski definition) is 1. The quantitative estimate of drug-likeness (QED) is 0.930. The average molecular weight is 338 g/mol. The molecule has 0 radical (unpaired) electrons. The van der Waals surface area contributed by atoms with Crippen LogP contribution in [-0.2, 0) is 0 Å². The van der Waals surface area contributed by atoms with Crippen molar-refractivity contribution >= 4 is 0 Å². The van der Waals surface area contributed by atoms with Crippen LogP contribution in [0.25, 0.3) is 11.4 Å². The molecule has 0 spiro atoms. The Bertz CT molecular complexity index is 744. The largest absolute Gasteiger partial charge is 0.306 e. The van der Waals surface area contributed by atoms with Gasteiger partial charge in [-0.25, -0.2) is 4.98 Å². The van der Waals surface area contributed by atoms with Crippen molar-refractivity contribution < 1.29 is 0 Å². The van der Waals surface area contributed by atoms with Gasteiger partial charge in [-0.3, -0.25) is 9.78 Å². The van der Waals surface area contributed by atoms with Crippen LogP contribution in [0.2, 0.25) is 0 Å². The molecule has 25 heavy (non-hydrogen) atoms. The van der Waals surface area contributed by atoms with Crippen molar-refractivity contribution in [2.45, 2.75) is 44.4 Å². The maximum atomic E-state index is 12.1. The summed E-state index contributed by atoms with van der Waals surface area (Å²) in [5.74, 6) is 1.92. The van der Waals surface area contributed by atoms with Gasteiger partial charge in [-0.05, 0) is 56.8 Å². The van der Waals surface area contributed by atoms with Crippen LogP contribution < -0.4 is 5.56 Å². The van der Waals surface area contributed by atoms with Crippen molar-refractivity contribution in [3.05, 3.63) is 46.6 Å². The number of nitrogens with zero attached hydrogens (tertiary/aromatic N) is 3. The van der Waals surface area contributed by atoms with E-state index in [4.69, 9.17) is 4.98 Å². The van der Waals surface area contributed by atoms with E-state index in [1.807, 2.05) is 12.1 Å². The number of pyridine rings is 1. The van der Waals surface area contributed by atoms with Crippen LogP contribution in [0.4, 0.5) is 0 Å². The summed E-state index contributed by atoms with van der Waals surface area (Å²) < 4.78 is 0. The molecular weight excluding hydrogens is 312 g/mol. The molecule has 132 valence electrons. The molecule has 4 rings (SSSR count). The summed E-state index contributed by atoms with van der Waals surface area (Å²) in [5.41, 5.74) is 1.72. The highest BCUT2D eigenvalue weighted by Gasteiger charge is 2.25. The fourth-order valence-electron chi connectivity index (χ4n) is 4.29. The van der Waals surface area contributed by atoms with Crippen molar-refractivity contribution in [1.82, 2.24) is 19.9 Å². The van der Waals surface area contributed by atoms with Crippen molar-refractivity contribution in [3.63, 3.8) is 0 Å². The van der Waals surface area contributed by atoms with Crippen LogP contribution in [-0.4, -0.2) is 39.5 Å². The smallest absolute Gasteiger partial charge is 0.251 e. The summed E-state index contributed by atoms with van der Waals surface area (Å²) in [6.07, 6.45) is 11.3. The molecular formula is C20H26N4O. The molecule has 0 atom stereocenters. The van der Waals surface area contributed by atoms with Crippen LogP contribution in [0.5, 0.6) is 0 Å². The predicted octanol–water partition coefficient (Wildman–Crippen LogP) is 3.20. The zero-order valence-electron chi connectivity index (χ0n) is 14.7. The van der Waals surface area contributed by atoms with Crippen molar-refractivity contribution in [2.24, 2.45) is 5.92 Å². The second kappa shape index (κ2) is 7.48. The molecule has 5 heteroatoms. The highest BCUT2D eigenvalue weighted by Crippen LogP contribution is 2.30. The van der Waals surface area contributed by atoms with Crippen LogP contribution in [0.3, 0.4) is 0 Å². The summed E-state index contributed by atoms with van der Waals surface area (Å²) in [5, 5.41) is 0. The van der Waals surface area contributed by atoms with E-state index in [2.05, 4.69) is 14.9 Å². The number of aromatic nitrogens is 3. The number of hydrogen-bond acceptors (Lipinski definition) is 4. The van der Waals surface area contributed by atoms with Gasteiger partial charge in [0.15, 0.2) is 0 Å². The molecule has 0 unspecified atom stereocenters. The van der Waals surface area contributed by atoms with Gasteiger partial charge in [-0.15, -0.1) is 0 Å². The summed E-state index contributed by atoms with van der Waals surface area (Å²) in [7, 11) is 0. The number of H-pyrrole nitrogens is 1. The van der Waals surface area contributed by atoms with Crippen LogP contribution in [0.15, 0.2) is 35.4 Å². The average Bonchev–Trinajstić information content (AvgIpc) is 3.16. The number of piperidine rings is 1. The zero-order valence-corrected chi connectivity index (χ0v) is 14.7. The Morgan fingerprint density at radius 3 is 2.68 bits per heavy atom. The zero-order chi connectivity index (χ0) is 17.1. The van der Waals surface area contributed by atoms with Crippen LogP contribution in [0.1, 0.15) is 50.1 Å². The first-order chi connectivity index (χ1) is 12.3. The van der Waals surface area contributed by atoms with Crippen LogP contribution in [0, 0.1) is 5.92 Å². The number of aromatic amines is 1. The van der Waals surface area contributed by atoms with Gasteiger partial charge in [0.25, 0.3) is 5.56 Å². The molecule has 0 aromatic carbocycles. The second-order valence-corrected chi connectivity index (χ2v) is 7.49. The van der Waals surface area contributed by atoms with E-state index in [1.165, 1.54) is 32.2 Å². The lowest BCUT2D eigenvalue weighted by Crippen LogP contribution is -2.36. The van der Waals surface area contributed by atoms with Gasteiger partial charge >= 0.3 is 0 Å². The lowest BCUT2D eigenvalue weighted by atomic mass is 9.92. The van der Waals surface area contributed by atoms with Gasteiger partial charge < -0.3 is 9.88 Å². The Balaban J connectivity index is 1.44. The topological polar surface area (TPSA) is 61.9 Å². The Labute approximate surface area is 148 Å². The summed E-state index contributed by atoms with van der Waals surface area (Å²) in [6.45, 7) is 3.51. The van der Waals surface area contributed by atoms with E-state index in [1.54, 1.807) is 18.5 Å². The maximum absolute atomic E-state index is 12.1. The van der Waals surface area contributed by atoms with E-state index >= 15 is 0 Å². The van der Waals surface area contributed by atoms with Gasteiger partial charge in [-0.1, -0.05) is 12.8 Å². The standard InChI is InChI=1S/C20H26N4O/c25-19-12-18(22-20(23-19)17-6-3-9-21-13-17)16-7-10-24(11-8-16)14-15-4-1-2-5-15/h3,6,9,12-13,15-16H,1-2,4-5,7-8,10-11,14H2,(H,22,23,25). The van der Waals surface area contributed by atoms with E-state index < -0.39 is 0 Å². The Morgan fingerprint density at radius 1 is 1.16 bits per heavy atom. The molecule has 0 amide bonds. The third-order valence-electron chi connectivity index (χ3n) is 5.69. The van der Waals surface area contributed by atoms with Crippen LogP contribution >= 0.6 is 0 Å². The molecule has 1 aliphatic heterocycles. The fraction of sp³-hybridized carbons (Fsp3) is 0.550. The molecule has 1 saturated heterocycles. The predicted molar refractivity (Wildman–Crippen MR) is 98.5 cm³/mol. The first-order valence-corrected chi connectivity index (χ1v) is 9.52. The number of rotatable bonds is 4. The Kier molecular flexibility index (Phi) is 4.92. The fourth-order valence-corrected chi connectivity index (χ4v) is 4.29. The third-order valence-corrected chi connectivity index (χ3v) is 5.69. The minimum absolute atomic E-state index is 0.0720. The second-order valence-electron chi connectivity index (χ2n) is 7.49. The molecule has 5 nitrogen and oxygen atoms in total. The normalized spacial score (nSPS) is 20.2. The molecule has 2 aliphatic rings. The molecule has 2 fully saturated rings. The molecule has 1 saturated carbocycles. The third kappa shape index (κ3) is 3.98. The van der Waals surface area contributed by atoms with E-state index in [9.17, 15) is 4.79 Å². The first kappa shape index (κ1) is 16.5. The highest BCUT2D eigenvalue weighted by atomic mass is 16.1. The van der Waals surface area contributed by atoms with E-state index in [0.717, 1.165) is 43.1 Å². The lowest BCUT2D eigenvalue weighted by molar-refractivity contribution is 0.182. The van der Waals surface area contributed by atoms with Gasteiger partial charge in [-0.2, -0.15) is 0 Å². The molecule has 2 aromatic rings. The summed E-state index contributed by atoms with van der Waals surface area (Å²) in [6, 6.07) is 5.47. The van der Waals surface area contributed by atoms with E-state index in [0.29, 0.717) is 11.7 Å². The molecule has 1 N–H and O–H groups in total. The van der Waals surface area contributed by atoms with Gasteiger partial charge in [0.2, 0.25) is 0 Å². The van der Waals surface area contributed by atoms with Crippen molar-refractivity contribution in [2.75, 3.05) is 19.6 Å². The van der Waals surface area contributed by atoms with Gasteiger partial charge in [0.05, 0.1) is 5.69 Å². The lowest BCUT2D eigenvalue weighted by Gasteiger charge is -2.33. The highest BCUT2D eigenvalue weighted by molar-refractivity contribution is 5.52. The van der Waals surface area contributed by atoms with E-state index in [-0.39, 0.29) is 5.56 Å².